The number of nitrogens with zero attached hydrogens (tertiary/aromatic N) is 3. The van der Waals surface area contributed by atoms with Gasteiger partial charge in [-0.3, -0.25) is 14.3 Å². The molecule has 1 aliphatic carbocycles. The first kappa shape index (κ1) is 18.0. The van der Waals surface area contributed by atoms with E-state index >= 15 is 0 Å². The van der Waals surface area contributed by atoms with Crippen LogP contribution in [-0.4, -0.2) is 39.1 Å². The summed E-state index contributed by atoms with van der Waals surface area (Å²) in [6.07, 6.45) is 5.59. The van der Waals surface area contributed by atoms with E-state index in [4.69, 9.17) is 11.6 Å². The van der Waals surface area contributed by atoms with E-state index in [-0.39, 0.29) is 17.9 Å². The molecule has 1 aliphatic heterocycles. The van der Waals surface area contributed by atoms with E-state index in [0.29, 0.717) is 36.0 Å². The molecule has 4 rings (SSSR count). The first-order valence-corrected chi connectivity index (χ1v) is 9.90. The molecule has 142 valence electrons. The van der Waals surface area contributed by atoms with Gasteiger partial charge in [-0.1, -0.05) is 43.0 Å². The molecule has 2 aliphatic rings. The van der Waals surface area contributed by atoms with Gasteiger partial charge in [-0.25, -0.2) is 0 Å². The number of nitrogens with one attached hydrogen (secondary N) is 1. The van der Waals surface area contributed by atoms with E-state index < -0.39 is 0 Å². The molecule has 1 saturated carbocycles. The highest BCUT2D eigenvalue weighted by Gasteiger charge is 2.28. The normalized spacial score (nSPS) is 17.7. The Morgan fingerprint density at radius 3 is 2.78 bits per heavy atom. The Balaban J connectivity index is 1.45. The summed E-state index contributed by atoms with van der Waals surface area (Å²) >= 11 is 6.04. The van der Waals surface area contributed by atoms with Crippen molar-refractivity contribution < 1.29 is 9.59 Å². The van der Waals surface area contributed by atoms with E-state index in [1.54, 1.807) is 15.6 Å². The molecule has 2 heterocycles. The average molecular weight is 387 g/mol. The smallest absolute Gasteiger partial charge is 0.272 e. The second-order valence-corrected chi connectivity index (χ2v) is 7.74. The molecule has 6 nitrogen and oxygen atoms in total. The van der Waals surface area contributed by atoms with Crippen molar-refractivity contribution >= 4 is 23.4 Å². The molecule has 0 unspecified atom stereocenters. The van der Waals surface area contributed by atoms with Crippen molar-refractivity contribution in [1.29, 1.82) is 0 Å². The van der Waals surface area contributed by atoms with Crippen LogP contribution >= 0.6 is 11.6 Å². The molecule has 0 saturated heterocycles. The van der Waals surface area contributed by atoms with Crippen LogP contribution < -0.4 is 5.32 Å². The van der Waals surface area contributed by atoms with Gasteiger partial charge in [0.2, 0.25) is 0 Å². The molecule has 2 aromatic rings. The van der Waals surface area contributed by atoms with Gasteiger partial charge in [-0.05, 0) is 30.5 Å². The molecule has 0 atom stereocenters. The van der Waals surface area contributed by atoms with Gasteiger partial charge in [0.15, 0.2) is 5.69 Å². The topological polar surface area (TPSA) is 67.2 Å². The highest BCUT2D eigenvalue weighted by molar-refractivity contribution is 6.30. The summed E-state index contributed by atoms with van der Waals surface area (Å²) in [6.45, 7) is 1.64. The maximum absolute atomic E-state index is 12.8. The Bertz CT molecular complexity index is 857. The largest absolute Gasteiger partial charge is 0.348 e. The number of hydrogen-bond donors (Lipinski definition) is 1. The summed E-state index contributed by atoms with van der Waals surface area (Å²) in [6, 6.07) is 9.35. The first-order valence-electron chi connectivity index (χ1n) is 9.52. The first-order chi connectivity index (χ1) is 13.1. The summed E-state index contributed by atoms with van der Waals surface area (Å²) in [7, 11) is 0. The van der Waals surface area contributed by atoms with Crippen LogP contribution in [0.3, 0.4) is 0 Å². The van der Waals surface area contributed by atoms with Crippen LogP contribution in [0.15, 0.2) is 30.3 Å². The second-order valence-electron chi connectivity index (χ2n) is 7.30. The van der Waals surface area contributed by atoms with Crippen molar-refractivity contribution in [2.45, 2.75) is 51.2 Å². The maximum atomic E-state index is 12.8. The summed E-state index contributed by atoms with van der Waals surface area (Å²) in [5.41, 5.74) is 1.78. The second kappa shape index (κ2) is 7.72. The number of carbonyl (C=O) groups is 2. The number of fused-ring (bicyclic) bond motifs is 1. The highest BCUT2D eigenvalue weighted by Crippen LogP contribution is 2.20. The zero-order valence-corrected chi connectivity index (χ0v) is 15.9. The average Bonchev–Trinajstić information content (AvgIpc) is 3.10. The van der Waals surface area contributed by atoms with Crippen molar-refractivity contribution in [2.75, 3.05) is 6.54 Å². The van der Waals surface area contributed by atoms with Crippen molar-refractivity contribution in [3.63, 3.8) is 0 Å². The van der Waals surface area contributed by atoms with Gasteiger partial charge >= 0.3 is 0 Å². The molecule has 0 radical (unpaired) electrons. The van der Waals surface area contributed by atoms with Crippen LogP contribution in [0.1, 0.15) is 58.6 Å². The molecule has 1 aromatic carbocycles. The Hall–Kier alpha value is -2.34. The van der Waals surface area contributed by atoms with E-state index in [9.17, 15) is 9.59 Å². The lowest BCUT2D eigenvalue weighted by atomic mass is 9.95. The fourth-order valence-corrected chi connectivity index (χ4v) is 4.08. The Labute approximate surface area is 163 Å². The van der Waals surface area contributed by atoms with Crippen molar-refractivity contribution in [2.24, 2.45) is 0 Å². The van der Waals surface area contributed by atoms with Crippen LogP contribution in [0.25, 0.3) is 0 Å². The third-order valence-electron chi connectivity index (χ3n) is 5.30. The molecule has 2 amide bonds. The maximum Gasteiger partial charge on any atom is 0.272 e. The van der Waals surface area contributed by atoms with E-state index in [2.05, 4.69) is 10.4 Å². The van der Waals surface area contributed by atoms with Crippen LogP contribution in [-0.2, 0) is 13.1 Å². The zero-order valence-electron chi connectivity index (χ0n) is 15.2. The monoisotopic (exact) mass is 386 g/mol. The summed E-state index contributed by atoms with van der Waals surface area (Å²) in [4.78, 5) is 27.1. The van der Waals surface area contributed by atoms with E-state index in [0.717, 1.165) is 31.2 Å². The van der Waals surface area contributed by atoms with E-state index in [1.165, 1.54) is 6.42 Å². The van der Waals surface area contributed by atoms with Gasteiger partial charge in [-0.15, -0.1) is 0 Å². The minimum absolute atomic E-state index is 0.106. The zero-order chi connectivity index (χ0) is 18.8. The Kier molecular flexibility index (Phi) is 5.16. The molecule has 0 bridgehead atoms. The predicted molar refractivity (Wildman–Crippen MR) is 103 cm³/mol. The third-order valence-corrected chi connectivity index (χ3v) is 5.54. The van der Waals surface area contributed by atoms with Gasteiger partial charge in [0.05, 0.1) is 6.54 Å². The molecular formula is C20H23ClN4O2. The van der Waals surface area contributed by atoms with Crippen molar-refractivity contribution in [3.8, 4) is 0 Å². The van der Waals surface area contributed by atoms with Gasteiger partial charge in [0.1, 0.15) is 5.69 Å². The SMILES string of the molecule is O=C(NC1CCCCC1)c1cc2n(n1)CCN(Cc1cccc(Cl)c1)C2=O. The molecule has 7 heteroatoms. The summed E-state index contributed by atoms with van der Waals surface area (Å²) in [5, 5.41) is 8.08. The molecule has 1 N–H and O–H groups in total. The highest BCUT2D eigenvalue weighted by atomic mass is 35.5. The lowest BCUT2D eigenvalue weighted by Crippen LogP contribution is -2.39. The Morgan fingerprint density at radius 1 is 1.19 bits per heavy atom. The fraction of sp³-hybridized carbons (Fsp3) is 0.450. The van der Waals surface area contributed by atoms with Crippen molar-refractivity contribution in [3.05, 3.63) is 52.3 Å². The van der Waals surface area contributed by atoms with E-state index in [1.807, 2.05) is 24.3 Å². The third kappa shape index (κ3) is 4.00. The lowest BCUT2D eigenvalue weighted by molar-refractivity contribution is 0.0683. The number of amides is 2. The molecule has 0 spiro atoms. The molecule has 1 fully saturated rings. The number of aromatic nitrogens is 2. The van der Waals surface area contributed by atoms with Gasteiger partial charge < -0.3 is 10.2 Å². The fourth-order valence-electron chi connectivity index (χ4n) is 3.86. The minimum atomic E-state index is -0.182. The van der Waals surface area contributed by atoms with Gasteiger partial charge in [0.25, 0.3) is 11.8 Å². The molecule has 27 heavy (non-hydrogen) atoms. The Morgan fingerprint density at radius 2 is 2.00 bits per heavy atom. The molecular weight excluding hydrogens is 364 g/mol. The number of benzene rings is 1. The van der Waals surface area contributed by atoms with Gasteiger partial charge in [0, 0.05) is 30.2 Å². The van der Waals surface area contributed by atoms with Crippen LogP contribution in [0.4, 0.5) is 0 Å². The number of rotatable bonds is 4. The molecule has 1 aromatic heterocycles. The van der Waals surface area contributed by atoms with Gasteiger partial charge in [-0.2, -0.15) is 5.10 Å². The summed E-state index contributed by atoms with van der Waals surface area (Å²) in [5.74, 6) is -0.288. The van der Waals surface area contributed by atoms with Crippen LogP contribution in [0, 0.1) is 0 Å². The predicted octanol–water partition coefficient (Wildman–Crippen LogP) is 3.26. The number of halogens is 1. The summed E-state index contributed by atoms with van der Waals surface area (Å²) < 4.78 is 1.65. The van der Waals surface area contributed by atoms with Crippen LogP contribution in [0.2, 0.25) is 5.02 Å². The number of carbonyl (C=O) groups excluding carboxylic acids is 2. The van der Waals surface area contributed by atoms with Crippen molar-refractivity contribution in [1.82, 2.24) is 20.0 Å². The minimum Gasteiger partial charge on any atom is -0.348 e. The lowest BCUT2D eigenvalue weighted by Gasteiger charge is -2.27. The quantitative estimate of drug-likeness (QED) is 0.877. The number of hydrogen-bond acceptors (Lipinski definition) is 3. The standard InChI is InChI=1S/C20H23ClN4O2/c21-15-6-4-5-14(11-15)13-24-9-10-25-18(20(24)27)12-17(23-25)19(26)22-16-7-2-1-3-8-16/h4-6,11-12,16H,1-3,7-10,13H2,(H,22,26). The van der Waals surface area contributed by atoms with Crippen LogP contribution in [0.5, 0.6) is 0 Å².